The van der Waals surface area contributed by atoms with Crippen LogP contribution in [0.3, 0.4) is 0 Å². The minimum atomic E-state index is -0.511. The zero-order valence-corrected chi connectivity index (χ0v) is 22.8. The number of ether oxygens (including phenoxy) is 3. The first kappa shape index (κ1) is 26.8. The summed E-state index contributed by atoms with van der Waals surface area (Å²) < 4.78 is 18.3. The van der Waals surface area contributed by atoms with Gasteiger partial charge in [-0.05, 0) is 93.9 Å². The first-order valence-electron chi connectivity index (χ1n) is 11.8. The second-order valence-electron chi connectivity index (χ2n) is 8.25. The van der Waals surface area contributed by atoms with Crippen LogP contribution in [0, 0.1) is 14.9 Å². The molecule has 0 aromatic heterocycles. The minimum absolute atomic E-state index is 0.0379. The van der Waals surface area contributed by atoms with Gasteiger partial charge in [-0.2, -0.15) is 5.26 Å². The van der Waals surface area contributed by atoms with Gasteiger partial charge in [0.1, 0.15) is 30.6 Å². The largest absolute Gasteiger partial charge is 0.493 e. The van der Waals surface area contributed by atoms with Crippen LogP contribution >= 0.6 is 22.6 Å². The summed E-state index contributed by atoms with van der Waals surface area (Å²) in [5, 5.41) is 12.4. The molecule has 0 unspecified atom stereocenters. The Morgan fingerprint density at radius 1 is 0.868 bits per heavy atom. The van der Waals surface area contributed by atoms with Crippen molar-refractivity contribution in [3.8, 4) is 23.3 Å². The molecule has 6 nitrogen and oxygen atoms in total. The molecule has 4 aromatic carbocycles. The SMILES string of the molecule is COc1cc(/C=C(\C#N)C(=O)Nc2ccc(OCc3ccccc3)cc2)ccc1OCc1ccc(I)cc1. The molecule has 38 heavy (non-hydrogen) atoms. The quantitative estimate of drug-likeness (QED) is 0.118. The van der Waals surface area contributed by atoms with Gasteiger partial charge in [0.2, 0.25) is 0 Å². The molecule has 0 aliphatic carbocycles. The van der Waals surface area contributed by atoms with E-state index < -0.39 is 5.91 Å². The van der Waals surface area contributed by atoms with Crippen LogP contribution in [0.2, 0.25) is 0 Å². The molecule has 1 N–H and O–H groups in total. The number of hydrogen-bond donors (Lipinski definition) is 1. The van der Waals surface area contributed by atoms with Gasteiger partial charge in [-0.15, -0.1) is 0 Å². The van der Waals surface area contributed by atoms with E-state index in [-0.39, 0.29) is 5.57 Å². The molecule has 0 spiro atoms. The molecule has 4 aromatic rings. The summed E-state index contributed by atoms with van der Waals surface area (Å²) in [7, 11) is 1.55. The molecule has 0 fully saturated rings. The van der Waals surface area contributed by atoms with Gasteiger partial charge in [0.25, 0.3) is 5.91 Å². The predicted molar refractivity (Wildman–Crippen MR) is 156 cm³/mol. The topological polar surface area (TPSA) is 80.6 Å². The summed E-state index contributed by atoms with van der Waals surface area (Å²) >= 11 is 2.26. The zero-order valence-electron chi connectivity index (χ0n) is 20.7. The lowest BCUT2D eigenvalue weighted by atomic mass is 10.1. The summed E-state index contributed by atoms with van der Waals surface area (Å²) in [4.78, 5) is 12.8. The fraction of sp³-hybridized carbons (Fsp3) is 0.0968. The molecule has 0 atom stereocenters. The molecule has 7 heteroatoms. The molecule has 0 saturated carbocycles. The first-order valence-corrected chi connectivity index (χ1v) is 12.9. The molecule has 1 amide bonds. The van der Waals surface area contributed by atoms with E-state index in [9.17, 15) is 10.1 Å². The van der Waals surface area contributed by atoms with E-state index in [2.05, 4.69) is 27.9 Å². The number of carbonyl (C=O) groups is 1. The molecule has 0 aliphatic rings. The Morgan fingerprint density at radius 2 is 1.55 bits per heavy atom. The van der Waals surface area contributed by atoms with Crippen molar-refractivity contribution in [2.75, 3.05) is 12.4 Å². The summed E-state index contributed by atoms with van der Waals surface area (Å²) in [6.45, 7) is 0.844. The number of nitrogens with one attached hydrogen (secondary N) is 1. The third-order valence-electron chi connectivity index (χ3n) is 5.53. The Balaban J connectivity index is 1.38. The molecule has 0 radical (unpaired) electrons. The Labute approximate surface area is 235 Å². The molecule has 0 bridgehead atoms. The number of anilines is 1. The van der Waals surface area contributed by atoms with Crippen molar-refractivity contribution < 1.29 is 19.0 Å². The Kier molecular flexibility index (Phi) is 9.37. The van der Waals surface area contributed by atoms with Crippen LogP contribution in [-0.2, 0) is 18.0 Å². The highest BCUT2D eigenvalue weighted by Crippen LogP contribution is 2.30. The van der Waals surface area contributed by atoms with Crippen LogP contribution in [-0.4, -0.2) is 13.0 Å². The van der Waals surface area contributed by atoms with E-state index in [0.29, 0.717) is 41.7 Å². The van der Waals surface area contributed by atoms with Crippen molar-refractivity contribution in [2.45, 2.75) is 13.2 Å². The van der Waals surface area contributed by atoms with E-state index in [0.717, 1.165) is 14.7 Å². The van der Waals surface area contributed by atoms with E-state index in [1.165, 1.54) is 6.08 Å². The average Bonchev–Trinajstić information content (AvgIpc) is 2.96. The average molecular weight is 616 g/mol. The van der Waals surface area contributed by atoms with Crippen LogP contribution in [0.4, 0.5) is 5.69 Å². The Bertz CT molecular complexity index is 1440. The van der Waals surface area contributed by atoms with E-state index in [1.54, 1.807) is 49.6 Å². The standard InChI is InChI=1S/C31H25IN2O4/c1-36-30-18-24(9-16-29(30)38-21-23-7-10-26(32)11-8-23)17-25(19-33)31(35)34-27-12-14-28(15-13-27)37-20-22-5-3-2-4-6-22/h2-18H,20-21H2,1H3,(H,34,35)/b25-17+. The predicted octanol–water partition coefficient (Wildman–Crippen LogP) is 7.00. The van der Waals surface area contributed by atoms with Gasteiger partial charge >= 0.3 is 0 Å². The lowest BCUT2D eigenvalue weighted by Crippen LogP contribution is -2.13. The second-order valence-corrected chi connectivity index (χ2v) is 9.49. The fourth-order valence-electron chi connectivity index (χ4n) is 3.52. The normalized spacial score (nSPS) is 10.8. The number of benzene rings is 4. The molecule has 0 heterocycles. The number of amides is 1. The van der Waals surface area contributed by atoms with Crippen molar-refractivity contribution in [1.82, 2.24) is 0 Å². The van der Waals surface area contributed by atoms with Crippen molar-refractivity contribution >= 4 is 40.3 Å². The van der Waals surface area contributed by atoms with Gasteiger partial charge in [-0.25, -0.2) is 0 Å². The highest BCUT2D eigenvalue weighted by Gasteiger charge is 2.12. The fourth-order valence-corrected chi connectivity index (χ4v) is 3.88. The Morgan fingerprint density at radius 3 is 2.24 bits per heavy atom. The summed E-state index contributed by atoms with van der Waals surface area (Å²) in [6, 6.07) is 32.2. The second kappa shape index (κ2) is 13.3. The summed E-state index contributed by atoms with van der Waals surface area (Å²) in [6.07, 6.45) is 1.51. The van der Waals surface area contributed by atoms with Crippen LogP contribution in [0.25, 0.3) is 6.08 Å². The molecule has 0 aliphatic heterocycles. The monoisotopic (exact) mass is 616 g/mol. The van der Waals surface area contributed by atoms with E-state index >= 15 is 0 Å². The smallest absolute Gasteiger partial charge is 0.266 e. The highest BCUT2D eigenvalue weighted by atomic mass is 127. The zero-order chi connectivity index (χ0) is 26.7. The summed E-state index contributed by atoms with van der Waals surface area (Å²) in [5.41, 5.74) is 3.26. The van der Waals surface area contributed by atoms with Gasteiger partial charge in [0.15, 0.2) is 11.5 Å². The van der Waals surface area contributed by atoms with Gasteiger partial charge in [-0.1, -0.05) is 48.5 Å². The number of carbonyl (C=O) groups excluding carboxylic acids is 1. The maximum atomic E-state index is 12.8. The minimum Gasteiger partial charge on any atom is -0.493 e. The van der Waals surface area contributed by atoms with E-state index in [4.69, 9.17) is 14.2 Å². The number of halogens is 1. The van der Waals surface area contributed by atoms with Gasteiger partial charge in [-0.3, -0.25) is 4.79 Å². The maximum absolute atomic E-state index is 12.8. The van der Waals surface area contributed by atoms with Gasteiger partial charge < -0.3 is 19.5 Å². The van der Waals surface area contributed by atoms with Gasteiger partial charge in [0.05, 0.1) is 7.11 Å². The lowest BCUT2D eigenvalue weighted by Gasteiger charge is -2.12. The third kappa shape index (κ3) is 7.60. The van der Waals surface area contributed by atoms with Crippen LogP contribution in [0.5, 0.6) is 17.2 Å². The lowest BCUT2D eigenvalue weighted by molar-refractivity contribution is -0.112. The van der Waals surface area contributed by atoms with Crippen LogP contribution < -0.4 is 19.5 Å². The molecule has 4 rings (SSSR count). The van der Waals surface area contributed by atoms with Crippen molar-refractivity contribution in [3.63, 3.8) is 0 Å². The maximum Gasteiger partial charge on any atom is 0.266 e. The number of hydrogen-bond acceptors (Lipinski definition) is 5. The highest BCUT2D eigenvalue weighted by molar-refractivity contribution is 14.1. The molecular weight excluding hydrogens is 591 g/mol. The van der Waals surface area contributed by atoms with E-state index in [1.807, 2.05) is 60.7 Å². The van der Waals surface area contributed by atoms with Crippen molar-refractivity contribution in [3.05, 3.63) is 123 Å². The number of methoxy groups -OCH3 is 1. The summed E-state index contributed by atoms with van der Waals surface area (Å²) in [5.74, 6) is 1.25. The van der Waals surface area contributed by atoms with Crippen LogP contribution in [0.1, 0.15) is 16.7 Å². The number of nitrogens with zero attached hydrogens (tertiary/aromatic N) is 1. The molecular formula is C31H25IN2O4. The molecule has 190 valence electrons. The van der Waals surface area contributed by atoms with Crippen molar-refractivity contribution in [1.29, 1.82) is 5.26 Å². The van der Waals surface area contributed by atoms with Crippen LogP contribution in [0.15, 0.2) is 103 Å². The molecule has 0 saturated heterocycles. The number of rotatable bonds is 10. The first-order chi connectivity index (χ1) is 18.5. The van der Waals surface area contributed by atoms with Gasteiger partial charge in [0, 0.05) is 9.26 Å². The number of nitriles is 1. The third-order valence-corrected chi connectivity index (χ3v) is 6.25. The Hall–Kier alpha value is -4.29. The van der Waals surface area contributed by atoms with Crippen molar-refractivity contribution in [2.24, 2.45) is 0 Å².